The number of aryl methyl sites for hydroxylation is 1. The van der Waals surface area contributed by atoms with Crippen LogP contribution in [-0.2, 0) is 11.4 Å². The minimum atomic E-state index is -0.213. The van der Waals surface area contributed by atoms with Crippen molar-refractivity contribution < 1.29 is 14.3 Å². The number of anilines is 1. The molecule has 6 heteroatoms. The Morgan fingerprint density at radius 3 is 2.45 bits per heavy atom. The van der Waals surface area contributed by atoms with E-state index in [4.69, 9.17) is 9.47 Å². The van der Waals surface area contributed by atoms with E-state index in [1.54, 1.807) is 23.5 Å². The second-order valence-corrected chi connectivity index (χ2v) is 7.73. The van der Waals surface area contributed by atoms with Crippen LogP contribution in [0.25, 0.3) is 10.2 Å². The Balaban J connectivity index is 1.27. The average Bonchev–Trinajstić information content (AvgIpc) is 3.11. The third-order valence-corrected chi connectivity index (χ3v) is 5.15. The number of aromatic nitrogens is 1. The Kier molecular flexibility index (Phi) is 5.72. The largest absolute Gasteiger partial charge is 0.489 e. The summed E-state index contributed by atoms with van der Waals surface area (Å²) in [6.45, 7) is 2.41. The lowest BCUT2D eigenvalue weighted by Gasteiger charge is -2.09. The normalized spacial score (nSPS) is 10.7. The zero-order valence-electron chi connectivity index (χ0n) is 15.9. The third-order valence-electron chi connectivity index (χ3n) is 4.22. The number of hydrogen-bond donors (Lipinski definition) is 1. The van der Waals surface area contributed by atoms with Crippen LogP contribution in [0.5, 0.6) is 11.5 Å². The van der Waals surface area contributed by atoms with E-state index in [2.05, 4.69) is 10.3 Å². The molecule has 0 fully saturated rings. The van der Waals surface area contributed by atoms with Crippen LogP contribution in [0.2, 0.25) is 0 Å². The SMILES string of the molecule is Cc1nc2ccc(NC(=O)COc3ccc(OCc4ccccc4)cc3)cc2s1. The van der Waals surface area contributed by atoms with Gasteiger partial charge in [0.1, 0.15) is 18.1 Å². The van der Waals surface area contributed by atoms with Gasteiger partial charge in [-0.15, -0.1) is 11.3 Å². The van der Waals surface area contributed by atoms with Gasteiger partial charge in [0, 0.05) is 5.69 Å². The van der Waals surface area contributed by atoms with Crippen LogP contribution in [-0.4, -0.2) is 17.5 Å². The highest BCUT2D eigenvalue weighted by atomic mass is 32.1. The summed E-state index contributed by atoms with van der Waals surface area (Å²) in [7, 11) is 0. The van der Waals surface area contributed by atoms with Crippen molar-refractivity contribution in [2.45, 2.75) is 13.5 Å². The van der Waals surface area contributed by atoms with Crippen LogP contribution in [0.3, 0.4) is 0 Å². The Bertz CT molecular complexity index is 1110. The third kappa shape index (κ3) is 5.12. The summed E-state index contributed by atoms with van der Waals surface area (Å²) in [4.78, 5) is 16.6. The predicted molar refractivity (Wildman–Crippen MR) is 116 cm³/mol. The summed E-state index contributed by atoms with van der Waals surface area (Å²) >= 11 is 1.60. The summed E-state index contributed by atoms with van der Waals surface area (Å²) < 4.78 is 12.4. The number of ether oxygens (including phenoxy) is 2. The predicted octanol–water partition coefficient (Wildman–Crippen LogP) is 5.20. The van der Waals surface area contributed by atoms with Crippen molar-refractivity contribution in [1.82, 2.24) is 4.98 Å². The Hall–Kier alpha value is -3.38. The molecule has 0 atom stereocenters. The summed E-state index contributed by atoms with van der Waals surface area (Å²) in [5, 5.41) is 3.86. The first-order valence-corrected chi connectivity index (χ1v) is 10.0. The van der Waals surface area contributed by atoms with Crippen molar-refractivity contribution in [3.63, 3.8) is 0 Å². The van der Waals surface area contributed by atoms with Crippen molar-refractivity contribution in [3.8, 4) is 11.5 Å². The van der Waals surface area contributed by atoms with Crippen molar-refractivity contribution >= 4 is 33.1 Å². The number of nitrogens with zero attached hydrogens (tertiary/aromatic N) is 1. The maximum absolute atomic E-state index is 12.2. The molecule has 5 nitrogen and oxygen atoms in total. The van der Waals surface area contributed by atoms with Gasteiger partial charge in [0.2, 0.25) is 0 Å². The van der Waals surface area contributed by atoms with E-state index in [1.807, 2.05) is 67.6 Å². The standard InChI is InChI=1S/C23H20N2O3S/c1-16-24-21-12-7-18(13-22(21)29-16)25-23(26)15-28-20-10-8-19(9-11-20)27-14-17-5-3-2-4-6-17/h2-13H,14-15H2,1H3,(H,25,26). The average molecular weight is 404 g/mol. The van der Waals surface area contributed by atoms with E-state index in [-0.39, 0.29) is 12.5 Å². The number of fused-ring (bicyclic) bond motifs is 1. The summed E-state index contributed by atoms with van der Waals surface area (Å²) in [5.41, 5.74) is 2.78. The lowest BCUT2D eigenvalue weighted by atomic mass is 10.2. The van der Waals surface area contributed by atoms with Gasteiger partial charge in [-0.2, -0.15) is 0 Å². The number of rotatable bonds is 7. The highest BCUT2D eigenvalue weighted by molar-refractivity contribution is 7.18. The van der Waals surface area contributed by atoms with Gasteiger partial charge >= 0.3 is 0 Å². The molecule has 4 aromatic rings. The van der Waals surface area contributed by atoms with Gasteiger partial charge in [-0.3, -0.25) is 4.79 Å². The molecule has 0 spiro atoms. The van der Waals surface area contributed by atoms with Gasteiger partial charge < -0.3 is 14.8 Å². The van der Waals surface area contributed by atoms with Crippen LogP contribution in [0.15, 0.2) is 72.8 Å². The zero-order chi connectivity index (χ0) is 20.1. The van der Waals surface area contributed by atoms with Crippen LogP contribution in [0.1, 0.15) is 10.6 Å². The maximum atomic E-state index is 12.2. The zero-order valence-corrected chi connectivity index (χ0v) is 16.7. The van der Waals surface area contributed by atoms with Gasteiger partial charge in [-0.1, -0.05) is 30.3 Å². The molecule has 0 bridgehead atoms. The number of nitrogens with one attached hydrogen (secondary N) is 1. The van der Waals surface area contributed by atoms with E-state index in [0.717, 1.165) is 32.2 Å². The quantitative estimate of drug-likeness (QED) is 0.460. The molecule has 0 aliphatic carbocycles. The Morgan fingerprint density at radius 2 is 1.69 bits per heavy atom. The summed E-state index contributed by atoms with van der Waals surface area (Å²) in [6, 6.07) is 22.9. The van der Waals surface area contributed by atoms with Crippen molar-refractivity contribution in [2.24, 2.45) is 0 Å². The molecule has 1 N–H and O–H groups in total. The lowest BCUT2D eigenvalue weighted by Crippen LogP contribution is -2.20. The van der Waals surface area contributed by atoms with Gasteiger partial charge in [0.15, 0.2) is 6.61 Å². The van der Waals surface area contributed by atoms with Crippen molar-refractivity contribution in [3.05, 3.63) is 83.4 Å². The van der Waals surface area contributed by atoms with Gasteiger partial charge in [-0.05, 0) is 55.0 Å². The molecular weight excluding hydrogens is 384 g/mol. The fraction of sp³-hybridized carbons (Fsp3) is 0.130. The molecule has 1 aromatic heterocycles. The molecule has 0 aliphatic heterocycles. The van der Waals surface area contributed by atoms with Crippen LogP contribution in [0, 0.1) is 6.92 Å². The molecule has 0 saturated heterocycles. The fourth-order valence-electron chi connectivity index (χ4n) is 2.84. The van der Waals surface area contributed by atoms with Crippen molar-refractivity contribution in [2.75, 3.05) is 11.9 Å². The van der Waals surface area contributed by atoms with Crippen LogP contribution >= 0.6 is 11.3 Å². The second kappa shape index (κ2) is 8.75. The van der Waals surface area contributed by atoms with Gasteiger partial charge in [0.05, 0.1) is 15.2 Å². The molecule has 0 aliphatic rings. The summed E-state index contributed by atoms with van der Waals surface area (Å²) in [6.07, 6.45) is 0. The topological polar surface area (TPSA) is 60.5 Å². The van der Waals surface area contributed by atoms with Gasteiger partial charge in [0.25, 0.3) is 5.91 Å². The first kappa shape index (κ1) is 19.0. The molecular formula is C23H20N2O3S. The van der Waals surface area contributed by atoms with E-state index in [9.17, 15) is 4.79 Å². The number of amides is 1. The summed E-state index contributed by atoms with van der Waals surface area (Å²) in [5.74, 6) is 1.15. The highest BCUT2D eigenvalue weighted by Gasteiger charge is 2.07. The second-order valence-electron chi connectivity index (χ2n) is 6.50. The number of hydrogen-bond acceptors (Lipinski definition) is 5. The Labute approximate surface area is 172 Å². The minimum Gasteiger partial charge on any atom is -0.489 e. The molecule has 1 heterocycles. The van der Waals surface area contributed by atoms with E-state index < -0.39 is 0 Å². The molecule has 29 heavy (non-hydrogen) atoms. The number of carbonyl (C=O) groups excluding carboxylic acids is 1. The first-order chi connectivity index (χ1) is 14.2. The number of benzene rings is 3. The number of thiazole rings is 1. The van der Waals surface area contributed by atoms with Gasteiger partial charge in [-0.25, -0.2) is 4.98 Å². The molecule has 1 amide bonds. The lowest BCUT2D eigenvalue weighted by molar-refractivity contribution is -0.118. The molecule has 4 rings (SSSR count). The van der Waals surface area contributed by atoms with E-state index in [0.29, 0.717) is 12.4 Å². The minimum absolute atomic E-state index is 0.0655. The van der Waals surface area contributed by atoms with Crippen LogP contribution in [0.4, 0.5) is 5.69 Å². The molecule has 0 unspecified atom stereocenters. The van der Waals surface area contributed by atoms with Crippen LogP contribution < -0.4 is 14.8 Å². The maximum Gasteiger partial charge on any atom is 0.262 e. The fourth-order valence-corrected chi connectivity index (χ4v) is 3.70. The number of carbonyl (C=O) groups is 1. The first-order valence-electron chi connectivity index (χ1n) is 9.22. The van der Waals surface area contributed by atoms with E-state index >= 15 is 0 Å². The molecule has 0 radical (unpaired) electrons. The monoisotopic (exact) mass is 404 g/mol. The van der Waals surface area contributed by atoms with Crippen molar-refractivity contribution in [1.29, 1.82) is 0 Å². The molecule has 3 aromatic carbocycles. The Morgan fingerprint density at radius 1 is 0.966 bits per heavy atom. The smallest absolute Gasteiger partial charge is 0.262 e. The highest BCUT2D eigenvalue weighted by Crippen LogP contribution is 2.25. The molecule has 146 valence electrons. The molecule has 0 saturated carbocycles. The van der Waals surface area contributed by atoms with E-state index in [1.165, 1.54) is 0 Å².